The Morgan fingerprint density at radius 2 is 0.585 bits per heavy atom. The van der Waals surface area contributed by atoms with E-state index in [2.05, 4.69) is 427 Å². The zero-order valence-electron chi connectivity index (χ0n) is 70.8. The molecule has 0 radical (unpaired) electrons. The molecule has 0 fully saturated rings. The highest BCUT2D eigenvalue weighted by molar-refractivity contribution is 7.85. The van der Waals surface area contributed by atoms with Gasteiger partial charge in [-0.05, 0) is 147 Å². The lowest BCUT2D eigenvalue weighted by Gasteiger charge is -2.27. The second kappa shape index (κ2) is 32.4. The molecule has 1 aliphatic rings. The van der Waals surface area contributed by atoms with E-state index in [0.717, 1.165) is 104 Å². The van der Waals surface area contributed by atoms with Crippen LogP contribution in [0.3, 0.4) is 0 Å². The smallest absolute Gasteiger partial charge is 0.171 e. The van der Waals surface area contributed by atoms with Gasteiger partial charge in [-0.3, -0.25) is 4.57 Å². The van der Waals surface area contributed by atoms with Gasteiger partial charge in [0.15, 0.2) is 7.14 Å². The molecule has 8 heteroatoms. The molecule has 1 atom stereocenters. The SMILES string of the molecule is O=P(c1ccccc1)(c1ccccc1)c1ccc(-c2c3ccc4ccccc4c3nc3c2ccc2ccccc23)cc1.c1ccc(-c2nc3ccccc3n2-c2ccc(-c3c4ccccc4c(-c4ccc5ccccc5c4)c4ccccc34)cc2)cc1.c1ccc(N2c3ccccc3NC2c2ccc(-c3c4ccc5ccccc5c4nc4c3ccc3ccccc34)cc2)cc1. The van der Waals surface area contributed by atoms with Gasteiger partial charge in [-0.2, -0.15) is 0 Å². The topological polar surface area (TPSA) is 75.9 Å². The number of imidazole rings is 1. The summed E-state index contributed by atoms with van der Waals surface area (Å²) >= 11 is 0. The van der Waals surface area contributed by atoms with Crippen molar-refractivity contribution in [1.29, 1.82) is 0 Å². The molecule has 7 nitrogen and oxygen atoms in total. The Bertz CT molecular complexity index is 8500. The van der Waals surface area contributed by atoms with Crippen molar-refractivity contribution in [3.8, 4) is 61.6 Å². The van der Waals surface area contributed by atoms with E-state index in [9.17, 15) is 4.57 Å². The number of hydrogen-bond donors (Lipinski definition) is 1. The summed E-state index contributed by atoms with van der Waals surface area (Å²) in [5.74, 6) is 0.945. The maximum atomic E-state index is 15.0. The average Bonchev–Trinajstić information content (AvgIpc) is 1.13. The molecule has 26 rings (SSSR count). The second-order valence-electron chi connectivity index (χ2n) is 33.5. The van der Waals surface area contributed by atoms with E-state index in [-0.39, 0.29) is 6.17 Å². The van der Waals surface area contributed by atoms with Crippen LogP contribution in [0.25, 0.3) is 192 Å². The highest BCUT2D eigenvalue weighted by Crippen LogP contribution is 2.51. The van der Waals surface area contributed by atoms with Crippen molar-refractivity contribution in [2.45, 2.75) is 6.17 Å². The van der Waals surface area contributed by atoms with Gasteiger partial charge in [0.05, 0.1) is 44.5 Å². The molecule has 22 aromatic carbocycles. The number of anilines is 3. The highest BCUT2D eigenvalue weighted by atomic mass is 31.2. The third-order valence-corrected chi connectivity index (χ3v) is 29.2. The molecule has 4 heterocycles. The summed E-state index contributed by atoms with van der Waals surface area (Å²) in [5.41, 5.74) is 22.7. The first-order valence-electron chi connectivity index (χ1n) is 44.3. The predicted octanol–water partition coefficient (Wildman–Crippen LogP) is 31.1. The number of nitrogens with one attached hydrogen (secondary N) is 1. The number of pyridine rings is 2. The third-order valence-electron chi connectivity index (χ3n) is 26.1. The minimum absolute atomic E-state index is 0.00679. The maximum Gasteiger partial charge on any atom is 0.171 e. The summed E-state index contributed by atoms with van der Waals surface area (Å²) in [7, 11) is -3.06. The van der Waals surface area contributed by atoms with Crippen molar-refractivity contribution < 1.29 is 4.57 Å². The van der Waals surface area contributed by atoms with Crippen LogP contribution in [-0.2, 0) is 4.57 Å². The summed E-state index contributed by atoms with van der Waals surface area (Å²) in [6.07, 6.45) is -0.00679. The Hall–Kier alpha value is -16.7. The number of aromatic nitrogens is 4. The monoisotopic (exact) mass is 1680 g/mol. The van der Waals surface area contributed by atoms with Gasteiger partial charge in [0.1, 0.15) is 12.0 Å². The van der Waals surface area contributed by atoms with E-state index in [0.29, 0.717) is 0 Å². The summed E-state index contributed by atoms with van der Waals surface area (Å²) < 4.78 is 17.2. The quantitative estimate of drug-likeness (QED) is 0.0790. The summed E-state index contributed by atoms with van der Waals surface area (Å²) in [5, 5.41) is 27.8. The number of para-hydroxylation sites is 5. The van der Waals surface area contributed by atoms with Crippen molar-refractivity contribution in [2.75, 3.05) is 10.2 Å². The molecular weight excluding hydrogens is 1600 g/mol. The lowest BCUT2D eigenvalue weighted by Crippen LogP contribution is -2.24. The van der Waals surface area contributed by atoms with Crippen LogP contribution in [0.1, 0.15) is 11.7 Å². The Morgan fingerprint density at radius 1 is 0.238 bits per heavy atom. The van der Waals surface area contributed by atoms with E-state index in [4.69, 9.17) is 15.0 Å². The summed E-state index contributed by atoms with van der Waals surface area (Å²) in [4.78, 5) is 18.1. The van der Waals surface area contributed by atoms with Crippen LogP contribution >= 0.6 is 7.14 Å². The Labute approximate surface area is 751 Å². The van der Waals surface area contributed by atoms with Crippen LogP contribution in [0.15, 0.2) is 479 Å². The van der Waals surface area contributed by atoms with Gasteiger partial charge >= 0.3 is 0 Å². The highest BCUT2D eigenvalue weighted by Gasteiger charge is 2.33. The van der Waals surface area contributed by atoms with E-state index in [1.54, 1.807) is 0 Å². The zero-order chi connectivity index (χ0) is 86.2. The van der Waals surface area contributed by atoms with Gasteiger partial charge in [0.2, 0.25) is 0 Å². The molecule has 1 aliphatic heterocycles. The van der Waals surface area contributed by atoms with Gasteiger partial charge < -0.3 is 14.8 Å². The van der Waals surface area contributed by atoms with Crippen molar-refractivity contribution in [2.24, 2.45) is 0 Å². The Kier molecular flexibility index (Phi) is 19.2. The van der Waals surface area contributed by atoms with Gasteiger partial charge in [-0.15, -0.1) is 0 Å². The predicted molar refractivity (Wildman–Crippen MR) is 550 cm³/mol. The normalized spacial score (nSPS) is 12.6. The number of benzene rings is 22. The second-order valence-corrected chi connectivity index (χ2v) is 36.3. The first-order valence-corrected chi connectivity index (χ1v) is 46.0. The molecule has 0 amide bonds. The van der Waals surface area contributed by atoms with Gasteiger partial charge in [0, 0.05) is 87.1 Å². The third kappa shape index (κ3) is 13.3. The first kappa shape index (κ1) is 76.9. The first-order chi connectivity index (χ1) is 64.4. The van der Waals surface area contributed by atoms with E-state index < -0.39 is 7.14 Å². The lowest BCUT2D eigenvalue weighted by molar-refractivity contribution is 0.592. The Balaban J connectivity index is 0.000000108. The molecular formula is C122H81N6OP. The van der Waals surface area contributed by atoms with Crippen LogP contribution in [0.5, 0.6) is 0 Å². The standard InChI is InChI=1S/C43H28N2.C40H27N3.C39H26NOP/c1-2-13-31(14-3-1)43-44-39-20-10-11-21-40(39)45(43)34-26-24-30(25-27-34)41-35-16-6-8-18-37(35)42(38-19-9-7-17-36(38)41)33-23-22-29-12-4-5-15-32(29)28-33;1-2-12-30(13-3-1)43-36-17-9-8-16-35(36)41-40(43)29-20-18-28(19-21-29)37-33-24-22-26-10-4-6-14-31(26)38(33)42-39-32-15-7-5-11-27(32)23-25-34(37)39;41-42(30-13-3-1-4-14-30,31-15-5-2-6-16-31)32-23-19-29(20-24-32)37-35-25-21-27-11-7-9-17-33(27)38(35)40-39-34-18-10-8-12-28(34)22-26-36(37)39/h1-28H;1-25,40-41H;1-26H. The zero-order valence-corrected chi connectivity index (χ0v) is 71.7. The summed E-state index contributed by atoms with van der Waals surface area (Å²) in [6, 6.07) is 169. The van der Waals surface area contributed by atoms with Crippen LogP contribution in [0.2, 0.25) is 0 Å². The fraction of sp³-hybridized carbons (Fsp3) is 0.00820. The largest absolute Gasteiger partial charge is 0.359 e. The van der Waals surface area contributed by atoms with E-state index in [1.165, 1.54) is 126 Å². The Morgan fingerprint density at radius 3 is 1.07 bits per heavy atom. The fourth-order valence-electron chi connectivity index (χ4n) is 20.0. The van der Waals surface area contributed by atoms with Crippen LogP contribution in [0.4, 0.5) is 17.1 Å². The summed E-state index contributed by atoms with van der Waals surface area (Å²) in [6.45, 7) is 0. The average molecular weight is 1680 g/mol. The van der Waals surface area contributed by atoms with Crippen molar-refractivity contribution in [3.05, 3.63) is 485 Å². The fourth-order valence-corrected chi connectivity index (χ4v) is 22.7. The van der Waals surface area contributed by atoms with Gasteiger partial charge in [-0.1, -0.05) is 425 Å². The van der Waals surface area contributed by atoms with Gasteiger partial charge in [-0.25, -0.2) is 15.0 Å². The van der Waals surface area contributed by atoms with Crippen molar-refractivity contribution in [3.63, 3.8) is 0 Å². The molecule has 0 spiro atoms. The van der Waals surface area contributed by atoms with E-state index in [1.807, 2.05) is 66.7 Å². The minimum Gasteiger partial charge on any atom is -0.359 e. The molecule has 1 unspecified atom stereocenters. The minimum atomic E-state index is -3.06. The van der Waals surface area contributed by atoms with E-state index >= 15 is 0 Å². The van der Waals surface area contributed by atoms with Crippen LogP contribution < -0.4 is 26.1 Å². The molecule has 0 aliphatic carbocycles. The van der Waals surface area contributed by atoms with Crippen LogP contribution in [-0.4, -0.2) is 19.5 Å². The molecule has 610 valence electrons. The molecule has 1 N–H and O–H groups in total. The molecule has 3 aromatic heterocycles. The maximum absolute atomic E-state index is 15.0. The lowest BCUT2D eigenvalue weighted by atomic mass is 9.85. The van der Waals surface area contributed by atoms with Crippen molar-refractivity contribution in [1.82, 2.24) is 19.5 Å². The number of nitrogens with zero attached hydrogens (tertiary/aromatic N) is 5. The molecule has 0 saturated carbocycles. The number of hydrogen-bond acceptors (Lipinski definition) is 6. The van der Waals surface area contributed by atoms with Crippen molar-refractivity contribution >= 4 is 170 Å². The molecule has 130 heavy (non-hydrogen) atoms. The van der Waals surface area contributed by atoms with Gasteiger partial charge in [0.25, 0.3) is 0 Å². The number of rotatable bonds is 11. The molecule has 0 saturated heterocycles. The molecule has 25 aromatic rings. The number of fused-ring (bicyclic) bond motifs is 17. The van der Waals surface area contributed by atoms with Crippen LogP contribution in [0, 0.1) is 0 Å². The molecule has 0 bridgehead atoms.